The van der Waals surface area contributed by atoms with E-state index in [1.165, 1.54) is 4.90 Å². The molecule has 0 spiro atoms. The topological polar surface area (TPSA) is 75.4 Å². The molecule has 0 bridgehead atoms. The van der Waals surface area contributed by atoms with Gasteiger partial charge < -0.3 is 14.7 Å². The summed E-state index contributed by atoms with van der Waals surface area (Å²) in [7, 11) is 3.38. The first-order valence-corrected chi connectivity index (χ1v) is 8.12. The van der Waals surface area contributed by atoms with Crippen molar-refractivity contribution in [2.45, 2.75) is 6.92 Å². The summed E-state index contributed by atoms with van der Waals surface area (Å²) in [5.41, 5.74) is 2.84. The molecule has 3 rings (SSSR count). The van der Waals surface area contributed by atoms with Crippen LogP contribution in [0.25, 0.3) is 11.3 Å². The smallest absolute Gasteiger partial charge is 0.261 e. The summed E-state index contributed by atoms with van der Waals surface area (Å²) in [5.74, 6) is 0.0409. The number of hydrogen-bond donors (Lipinski definition) is 1. The van der Waals surface area contributed by atoms with Gasteiger partial charge in [-0.05, 0) is 31.2 Å². The first-order chi connectivity index (χ1) is 12.5. The van der Waals surface area contributed by atoms with Gasteiger partial charge in [0.1, 0.15) is 17.0 Å². The molecule has 0 fully saturated rings. The second-order valence-electron chi connectivity index (χ2n) is 6.06. The fraction of sp³-hybridized carbons (Fsp3) is 0.150. The van der Waals surface area contributed by atoms with Crippen LogP contribution in [0.15, 0.2) is 59.1 Å². The number of carbonyl (C=O) groups excluding carboxylic acids is 2. The number of rotatable bonds is 4. The zero-order valence-corrected chi connectivity index (χ0v) is 14.8. The third-order valence-electron chi connectivity index (χ3n) is 3.93. The van der Waals surface area contributed by atoms with Gasteiger partial charge in [-0.2, -0.15) is 0 Å². The highest BCUT2D eigenvalue weighted by atomic mass is 16.5. The Balaban J connectivity index is 1.83. The third-order valence-corrected chi connectivity index (χ3v) is 3.93. The molecule has 1 heterocycles. The lowest BCUT2D eigenvalue weighted by Crippen LogP contribution is -2.21. The van der Waals surface area contributed by atoms with Crippen LogP contribution in [0.2, 0.25) is 0 Å². The quantitative estimate of drug-likeness (QED) is 0.781. The molecule has 2 amide bonds. The van der Waals surface area contributed by atoms with Crippen molar-refractivity contribution in [1.29, 1.82) is 0 Å². The molecule has 1 N–H and O–H groups in total. The monoisotopic (exact) mass is 349 g/mol. The predicted octanol–water partition coefficient (Wildman–Crippen LogP) is 3.60. The van der Waals surface area contributed by atoms with Crippen molar-refractivity contribution in [2.24, 2.45) is 0 Å². The SMILES string of the molecule is Cc1onc(-c2ccccc2)c1C(=O)Nc1ccc(C(=O)N(C)C)cc1. The number of anilines is 1. The summed E-state index contributed by atoms with van der Waals surface area (Å²) in [6.07, 6.45) is 0. The molecule has 2 aromatic carbocycles. The third kappa shape index (κ3) is 3.49. The number of amides is 2. The Labute approximate surface area is 151 Å². The predicted molar refractivity (Wildman–Crippen MR) is 99.1 cm³/mol. The zero-order chi connectivity index (χ0) is 18.7. The number of carbonyl (C=O) groups is 2. The maximum atomic E-state index is 12.7. The van der Waals surface area contributed by atoms with Crippen LogP contribution in [0.3, 0.4) is 0 Å². The van der Waals surface area contributed by atoms with E-state index in [1.807, 2.05) is 30.3 Å². The van der Waals surface area contributed by atoms with Gasteiger partial charge in [0.2, 0.25) is 0 Å². The minimum atomic E-state index is -0.311. The lowest BCUT2D eigenvalue weighted by atomic mass is 10.1. The van der Waals surface area contributed by atoms with Crippen LogP contribution in [0, 0.1) is 6.92 Å². The van der Waals surface area contributed by atoms with Crippen LogP contribution < -0.4 is 5.32 Å². The Kier molecular flexibility index (Phi) is 4.84. The van der Waals surface area contributed by atoms with E-state index >= 15 is 0 Å². The van der Waals surface area contributed by atoms with Crippen molar-refractivity contribution in [3.8, 4) is 11.3 Å². The van der Waals surface area contributed by atoms with E-state index in [2.05, 4.69) is 10.5 Å². The van der Waals surface area contributed by atoms with E-state index in [0.29, 0.717) is 28.3 Å². The summed E-state index contributed by atoms with van der Waals surface area (Å²) in [6.45, 7) is 1.70. The Bertz CT molecular complexity index is 929. The minimum Gasteiger partial charge on any atom is -0.360 e. The van der Waals surface area contributed by atoms with E-state index in [9.17, 15) is 9.59 Å². The number of benzene rings is 2. The van der Waals surface area contributed by atoms with Gasteiger partial charge in [-0.3, -0.25) is 9.59 Å². The summed E-state index contributed by atoms with van der Waals surface area (Å²) < 4.78 is 5.22. The molecule has 0 saturated heterocycles. The van der Waals surface area contributed by atoms with E-state index in [1.54, 1.807) is 45.3 Å². The van der Waals surface area contributed by atoms with E-state index in [-0.39, 0.29) is 11.8 Å². The van der Waals surface area contributed by atoms with Crippen LogP contribution in [-0.4, -0.2) is 36.0 Å². The summed E-state index contributed by atoms with van der Waals surface area (Å²) in [4.78, 5) is 26.2. The molecule has 0 aliphatic rings. The largest absolute Gasteiger partial charge is 0.360 e. The molecule has 1 aromatic heterocycles. The van der Waals surface area contributed by atoms with Crippen molar-refractivity contribution in [3.05, 3.63) is 71.5 Å². The average Bonchev–Trinajstić information content (AvgIpc) is 3.04. The van der Waals surface area contributed by atoms with Crippen LogP contribution in [0.1, 0.15) is 26.5 Å². The highest BCUT2D eigenvalue weighted by molar-refractivity contribution is 6.09. The normalized spacial score (nSPS) is 10.4. The highest BCUT2D eigenvalue weighted by Crippen LogP contribution is 2.26. The molecule has 0 radical (unpaired) electrons. The van der Waals surface area contributed by atoms with Crippen molar-refractivity contribution in [3.63, 3.8) is 0 Å². The lowest BCUT2D eigenvalue weighted by molar-refractivity contribution is 0.0827. The maximum absolute atomic E-state index is 12.7. The van der Waals surface area contributed by atoms with Crippen molar-refractivity contribution in [2.75, 3.05) is 19.4 Å². The van der Waals surface area contributed by atoms with E-state index in [0.717, 1.165) is 5.56 Å². The number of nitrogens with one attached hydrogen (secondary N) is 1. The van der Waals surface area contributed by atoms with Gasteiger partial charge in [-0.1, -0.05) is 35.5 Å². The first-order valence-electron chi connectivity index (χ1n) is 8.12. The second-order valence-corrected chi connectivity index (χ2v) is 6.06. The van der Waals surface area contributed by atoms with Gasteiger partial charge in [0.15, 0.2) is 0 Å². The molecular formula is C20H19N3O3. The number of aryl methyl sites for hydroxylation is 1. The van der Waals surface area contributed by atoms with Gasteiger partial charge in [-0.15, -0.1) is 0 Å². The van der Waals surface area contributed by atoms with Crippen LogP contribution in [-0.2, 0) is 0 Å². The highest BCUT2D eigenvalue weighted by Gasteiger charge is 2.21. The van der Waals surface area contributed by atoms with E-state index < -0.39 is 0 Å². The summed E-state index contributed by atoms with van der Waals surface area (Å²) >= 11 is 0. The van der Waals surface area contributed by atoms with Gasteiger partial charge >= 0.3 is 0 Å². The molecule has 26 heavy (non-hydrogen) atoms. The van der Waals surface area contributed by atoms with Gasteiger partial charge in [0.25, 0.3) is 11.8 Å². The van der Waals surface area contributed by atoms with E-state index in [4.69, 9.17) is 4.52 Å². The Morgan fingerprint density at radius 1 is 1.00 bits per heavy atom. The Morgan fingerprint density at radius 3 is 2.27 bits per heavy atom. The fourth-order valence-electron chi connectivity index (χ4n) is 2.58. The van der Waals surface area contributed by atoms with Gasteiger partial charge in [0, 0.05) is 30.9 Å². The molecule has 0 unspecified atom stereocenters. The van der Waals surface area contributed by atoms with Crippen LogP contribution in [0.4, 0.5) is 5.69 Å². The van der Waals surface area contributed by atoms with Crippen LogP contribution >= 0.6 is 0 Å². The number of nitrogens with zero attached hydrogens (tertiary/aromatic N) is 2. The first kappa shape index (κ1) is 17.4. The van der Waals surface area contributed by atoms with Crippen molar-refractivity contribution in [1.82, 2.24) is 10.1 Å². The molecule has 6 nitrogen and oxygen atoms in total. The van der Waals surface area contributed by atoms with Crippen LogP contribution in [0.5, 0.6) is 0 Å². The number of hydrogen-bond acceptors (Lipinski definition) is 4. The van der Waals surface area contributed by atoms with Gasteiger partial charge in [0.05, 0.1) is 0 Å². The standard InChI is InChI=1S/C20H19N3O3/c1-13-17(18(22-26-13)14-7-5-4-6-8-14)19(24)21-16-11-9-15(10-12-16)20(25)23(2)3/h4-12H,1-3H3,(H,21,24). The molecule has 0 atom stereocenters. The van der Waals surface area contributed by atoms with Gasteiger partial charge in [-0.25, -0.2) is 0 Å². The average molecular weight is 349 g/mol. The minimum absolute atomic E-state index is 0.0934. The molecule has 6 heteroatoms. The zero-order valence-electron chi connectivity index (χ0n) is 14.8. The summed E-state index contributed by atoms with van der Waals surface area (Å²) in [5, 5.41) is 6.85. The summed E-state index contributed by atoms with van der Waals surface area (Å²) in [6, 6.07) is 16.1. The molecule has 0 aliphatic heterocycles. The Hall–Kier alpha value is -3.41. The molecule has 3 aromatic rings. The molecule has 0 aliphatic carbocycles. The fourth-order valence-corrected chi connectivity index (χ4v) is 2.58. The lowest BCUT2D eigenvalue weighted by Gasteiger charge is -2.11. The second kappa shape index (κ2) is 7.23. The molecule has 132 valence electrons. The maximum Gasteiger partial charge on any atom is 0.261 e. The Morgan fingerprint density at radius 2 is 1.65 bits per heavy atom. The van der Waals surface area contributed by atoms with Crippen molar-refractivity contribution >= 4 is 17.5 Å². The molecular weight excluding hydrogens is 330 g/mol. The van der Waals surface area contributed by atoms with Crippen molar-refractivity contribution < 1.29 is 14.1 Å². The molecule has 0 saturated carbocycles. The number of aromatic nitrogens is 1.